The van der Waals surface area contributed by atoms with Crippen molar-refractivity contribution in [2.45, 2.75) is 44.4 Å². The molecule has 3 unspecified atom stereocenters. The molecule has 3 amide bonds. The van der Waals surface area contributed by atoms with Crippen LogP contribution in [-0.4, -0.2) is 30.3 Å². The number of amides is 3. The predicted octanol–water partition coefficient (Wildman–Crippen LogP) is 7.64. The van der Waals surface area contributed by atoms with Crippen LogP contribution in [0.25, 0.3) is 11.1 Å². The van der Waals surface area contributed by atoms with Gasteiger partial charge in [0.05, 0.1) is 41.9 Å². The Morgan fingerprint density at radius 1 is 0.880 bits per heavy atom. The van der Waals surface area contributed by atoms with Gasteiger partial charge in [0.2, 0.25) is 11.8 Å². The number of hydrogen-bond donors (Lipinski definition) is 2. The number of hydrogen-bond acceptors (Lipinski definition) is 4. The van der Waals surface area contributed by atoms with Crippen LogP contribution in [0.5, 0.6) is 0 Å². The Bertz CT molecular complexity index is 1860. The van der Waals surface area contributed by atoms with Crippen LogP contribution in [0.4, 0.5) is 30.2 Å². The van der Waals surface area contributed by atoms with Gasteiger partial charge in [0.25, 0.3) is 5.91 Å². The molecule has 258 valence electrons. The van der Waals surface area contributed by atoms with Gasteiger partial charge in [-0.1, -0.05) is 79.6 Å². The van der Waals surface area contributed by atoms with E-state index in [1.54, 1.807) is 17.0 Å². The van der Waals surface area contributed by atoms with Crippen molar-refractivity contribution in [3.05, 3.63) is 127 Å². The van der Waals surface area contributed by atoms with Crippen molar-refractivity contribution in [2.75, 3.05) is 16.3 Å². The zero-order valence-electron chi connectivity index (χ0n) is 27.5. The number of rotatable bonds is 12. The number of fused-ring (bicyclic) bond motifs is 1. The lowest BCUT2D eigenvalue weighted by Gasteiger charge is -2.29. The van der Waals surface area contributed by atoms with Gasteiger partial charge in [0, 0.05) is 5.69 Å². The molecule has 0 spiro atoms. The number of nitrogens with one attached hydrogen (secondary N) is 1. The maximum Gasteiger partial charge on any atom is 0.416 e. The van der Waals surface area contributed by atoms with Gasteiger partial charge in [-0.3, -0.25) is 14.4 Å². The molecule has 4 aromatic carbocycles. The van der Waals surface area contributed by atoms with Crippen molar-refractivity contribution in [1.29, 1.82) is 0 Å². The van der Waals surface area contributed by atoms with Crippen molar-refractivity contribution in [3.63, 3.8) is 0 Å². The lowest BCUT2D eigenvalue weighted by Crippen LogP contribution is -2.54. The molecule has 1 saturated carbocycles. The first-order chi connectivity index (χ1) is 24.0. The van der Waals surface area contributed by atoms with Gasteiger partial charge in [-0.2, -0.15) is 13.2 Å². The lowest BCUT2D eigenvalue weighted by molar-refractivity contribution is -0.137. The number of carbonyl (C=O) groups is 3. The number of nitrogens with two attached hydrogens (primary N) is 1. The maximum absolute atomic E-state index is 14.7. The van der Waals surface area contributed by atoms with E-state index in [4.69, 9.17) is 5.73 Å². The standard InChI is InChI=1S/C40H39F3N4O3/c1-2-9-32(37(44)48)33(23-26-16-17-26)38(49)45-34-25-46(31-12-4-3-5-13-31)35-14-6-7-15-36(35)47(39(34)50)24-27-10-8-11-29(22-27)28-18-20-30(21-19-28)40(41,42)43/h2-8,10-15,18-22,26,32-34H,1,9,16-17,23-25H2,(H2,44,48)(H,45,49). The van der Waals surface area contributed by atoms with Crippen LogP contribution >= 0.6 is 0 Å². The summed E-state index contributed by atoms with van der Waals surface area (Å²) >= 11 is 0. The molecule has 3 N–H and O–H groups in total. The molecule has 6 rings (SSSR count). The first-order valence-corrected chi connectivity index (χ1v) is 16.7. The normalized spacial score (nSPS) is 17.3. The molecule has 10 heteroatoms. The zero-order valence-corrected chi connectivity index (χ0v) is 27.5. The number of alkyl halides is 3. The van der Waals surface area contributed by atoms with E-state index in [1.165, 1.54) is 12.1 Å². The van der Waals surface area contributed by atoms with E-state index in [2.05, 4.69) is 11.9 Å². The molecular formula is C40H39F3N4O3. The number of halogens is 3. The highest BCUT2D eigenvalue weighted by Gasteiger charge is 2.40. The summed E-state index contributed by atoms with van der Waals surface area (Å²) in [5, 5.41) is 3.03. The van der Waals surface area contributed by atoms with Gasteiger partial charge >= 0.3 is 6.18 Å². The fraction of sp³-hybridized carbons (Fsp3) is 0.275. The number of carbonyl (C=O) groups excluding carboxylic acids is 3. The van der Waals surface area contributed by atoms with Crippen LogP contribution in [0.3, 0.4) is 0 Å². The number of nitrogens with zero attached hydrogens (tertiary/aromatic N) is 2. The topological polar surface area (TPSA) is 95.7 Å². The van der Waals surface area contributed by atoms with E-state index in [-0.39, 0.29) is 25.4 Å². The average Bonchev–Trinajstić information content (AvgIpc) is 3.95. The highest BCUT2D eigenvalue weighted by molar-refractivity contribution is 6.04. The molecule has 1 aliphatic heterocycles. The van der Waals surface area contributed by atoms with Crippen molar-refractivity contribution in [1.82, 2.24) is 5.32 Å². The Hall–Kier alpha value is -5.38. The van der Waals surface area contributed by atoms with Crippen molar-refractivity contribution in [3.8, 4) is 11.1 Å². The van der Waals surface area contributed by atoms with Gasteiger partial charge < -0.3 is 20.9 Å². The molecule has 3 atom stereocenters. The smallest absolute Gasteiger partial charge is 0.369 e. The number of benzene rings is 4. The Labute approximate surface area is 289 Å². The predicted molar refractivity (Wildman–Crippen MR) is 188 cm³/mol. The molecule has 0 radical (unpaired) electrons. The van der Waals surface area contributed by atoms with E-state index < -0.39 is 41.4 Å². The largest absolute Gasteiger partial charge is 0.416 e. The first-order valence-electron chi connectivity index (χ1n) is 16.7. The average molecular weight is 681 g/mol. The Morgan fingerprint density at radius 3 is 2.20 bits per heavy atom. The molecule has 1 fully saturated rings. The van der Waals surface area contributed by atoms with E-state index in [0.29, 0.717) is 29.2 Å². The van der Waals surface area contributed by atoms with Crippen molar-refractivity contribution < 1.29 is 27.6 Å². The first kappa shape index (κ1) is 34.5. The van der Waals surface area contributed by atoms with Crippen LogP contribution in [0.1, 0.15) is 36.8 Å². The van der Waals surface area contributed by atoms with Crippen molar-refractivity contribution >= 4 is 34.8 Å². The van der Waals surface area contributed by atoms with Gasteiger partial charge in [-0.25, -0.2) is 0 Å². The van der Waals surface area contributed by atoms with E-state index in [0.717, 1.165) is 41.9 Å². The molecular weight excluding hydrogens is 641 g/mol. The second-order valence-corrected chi connectivity index (χ2v) is 13.0. The number of primary amides is 1. The molecule has 1 aliphatic carbocycles. The lowest BCUT2D eigenvalue weighted by atomic mass is 9.84. The molecule has 0 bridgehead atoms. The van der Waals surface area contributed by atoms with Crippen LogP contribution in [0.15, 0.2) is 116 Å². The Balaban J connectivity index is 1.36. The molecule has 4 aromatic rings. The fourth-order valence-electron chi connectivity index (χ4n) is 6.70. The van der Waals surface area contributed by atoms with Crippen LogP contribution in [0, 0.1) is 17.8 Å². The third kappa shape index (κ3) is 7.75. The molecule has 0 aromatic heterocycles. The van der Waals surface area contributed by atoms with Gasteiger partial charge in [0.1, 0.15) is 6.04 Å². The number of anilines is 3. The van der Waals surface area contributed by atoms with E-state index in [9.17, 15) is 27.6 Å². The summed E-state index contributed by atoms with van der Waals surface area (Å²) in [5.74, 6) is -2.46. The zero-order chi connectivity index (χ0) is 35.4. The minimum Gasteiger partial charge on any atom is -0.369 e. The maximum atomic E-state index is 14.7. The fourth-order valence-corrected chi connectivity index (χ4v) is 6.70. The Kier molecular flexibility index (Phi) is 10.1. The Morgan fingerprint density at radius 2 is 1.56 bits per heavy atom. The molecule has 0 saturated heterocycles. The van der Waals surface area contributed by atoms with Gasteiger partial charge in [-0.05, 0) is 77.9 Å². The minimum absolute atomic E-state index is 0.130. The summed E-state index contributed by atoms with van der Waals surface area (Å²) in [7, 11) is 0. The summed E-state index contributed by atoms with van der Waals surface area (Å²) in [4.78, 5) is 45.0. The second kappa shape index (κ2) is 14.6. The summed E-state index contributed by atoms with van der Waals surface area (Å²) < 4.78 is 39.6. The SMILES string of the molecule is C=CCC(C(N)=O)C(CC1CC1)C(=O)NC1CN(c2ccccc2)c2ccccc2N(Cc2cccc(-c3ccc(C(F)(F)F)cc3)c2)C1=O. The highest BCUT2D eigenvalue weighted by Crippen LogP contribution is 2.40. The van der Waals surface area contributed by atoms with Crippen LogP contribution < -0.4 is 20.9 Å². The molecule has 7 nitrogen and oxygen atoms in total. The van der Waals surface area contributed by atoms with Gasteiger partial charge in [-0.15, -0.1) is 6.58 Å². The quantitative estimate of drug-likeness (QED) is 0.151. The summed E-state index contributed by atoms with van der Waals surface area (Å²) in [6.07, 6.45) is -0.151. The third-order valence-corrected chi connectivity index (χ3v) is 9.48. The van der Waals surface area contributed by atoms with Gasteiger partial charge in [0.15, 0.2) is 0 Å². The molecule has 50 heavy (non-hydrogen) atoms. The summed E-state index contributed by atoms with van der Waals surface area (Å²) in [5.41, 5.74) is 9.33. The molecule has 1 heterocycles. The van der Waals surface area contributed by atoms with Crippen LogP contribution in [0.2, 0.25) is 0 Å². The number of allylic oxidation sites excluding steroid dienone is 1. The molecule has 2 aliphatic rings. The number of para-hydroxylation sites is 3. The van der Waals surface area contributed by atoms with Crippen molar-refractivity contribution in [2.24, 2.45) is 23.5 Å². The van der Waals surface area contributed by atoms with E-state index in [1.807, 2.05) is 77.7 Å². The second-order valence-electron chi connectivity index (χ2n) is 13.0. The summed E-state index contributed by atoms with van der Waals surface area (Å²) in [6.45, 7) is 4.02. The monoisotopic (exact) mass is 680 g/mol. The van der Waals surface area contributed by atoms with E-state index >= 15 is 0 Å². The summed E-state index contributed by atoms with van der Waals surface area (Å²) in [6, 6.07) is 28.4. The highest BCUT2D eigenvalue weighted by atomic mass is 19.4. The third-order valence-electron chi connectivity index (χ3n) is 9.48. The minimum atomic E-state index is -4.44. The van der Waals surface area contributed by atoms with Crippen LogP contribution in [-0.2, 0) is 27.1 Å².